The van der Waals surface area contributed by atoms with Crippen molar-refractivity contribution < 1.29 is 9.53 Å². The number of carbonyl (C=O) groups excluding carboxylic acids is 1. The van der Waals surface area contributed by atoms with Crippen LogP contribution in [-0.2, 0) is 0 Å². The summed E-state index contributed by atoms with van der Waals surface area (Å²) in [6, 6.07) is 5.75. The summed E-state index contributed by atoms with van der Waals surface area (Å²) in [5.74, 6) is 0.0876. The Morgan fingerprint density at radius 2 is 1.89 bits per heavy atom. The normalized spacial score (nSPS) is 10.2. The number of hydrogen-bond acceptors (Lipinski definition) is 4. The van der Waals surface area contributed by atoms with E-state index in [1.165, 1.54) is 19.5 Å². The highest BCUT2D eigenvalue weighted by atomic mass is 16.5. The first-order valence-corrected chi connectivity index (χ1v) is 5.60. The second-order valence-electron chi connectivity index (χ2n) is 4.06. The Morgan fingerprint density at radius 1 is 1.17 bits per heavy atom. The highest BCUT2D eigenvalue weighted by Gasteiger charge is 2.18. The fraction of sp³-hybridized carbons (Fsp3) is 0.214. The van der Waals surface area contributed by atoms with Crippen LogP contribution in [0, 0.1) is 13.8 Å². The summed E-state index contributed by atoms with van der Waals surface area (Å²) in [4.78, 5) is 20.5. The zero-order valence-electron chi connectivity index (χ0n) is 10.6. The first-order chi connectivity index (χ1) is 8.63. The molecule has 1 aromatic heterocycles. The molecule has 92 valence electrons. The van der Waals surface area contributed by atoms with Crippen LogP contribution in [0.15, 0.2) is 30.6 Å². The molecule has 1 heterocycles. The maximum Gasteiger partial charge on any atom is 0.243 e. The molecule has 0 bridgehead atoms. The van der Waals surface area contributed by atoms with Crippen molar-refractivity contribution >= 4 is 5.78 Å². The molecule has 0 amide bonds. The van der Waals surface area contributed by atoms with Gasteiger partial charge >= 0.3 is 0 Å². The molecule has 0 aliphatic carbocycles. The van der Waals surface area contributed by atoms with E-state index in [1.807, 2.05) is 32.0 Å². The molecule has 2 rings (SSSR count). The highest BCUT2D eigenvalue weighted by molar-refractivity contribution is 6.10. The SMILES string of the molecule is COc1nccnc1C(=O)c1cc(C)ccc1C. The molecule has 18 heavy (non-hydrogen) atoms. The Morgan fingerprint density at radius 3 is 2.61 bits per heavy atom. The van der Waals surface area contributed by atoms with Crippen molar-refractivity contribution in [2.24, 2.45) is 0 Å². The monoisotopic (exact) mass is 242 g/mol. The first kappa shape index (κ1) is 12.2. The van der Waals surface area contributed by atoms with Crippen LogP contribution in [-0.4, -0.2) is 22.9 Å². The molecule has 0 fully saturated rings. The van der Waals surface area contributed by atoms with Gasteiger partial charge in [0.15, 0.2) is 5.69 Å². The molecule has 4 heteroatoms. The first-order valence-electron chi connectivity index (χ1n) is 5.60. The Bertz CT molecular complexity index is 594. The number of benzene rings is 1. The molecule has 0 aliphatic rings. The number of carbonyl (C=O) groups is 1. The predicted molar refractivity (Wildman–Crippen MR) is 67.9 cm³/mol. The van der Waals surface area contributed by atoms with Crippen LogP contribution in [0.1, 0.15) is 27.2 Å². The molecule has 0 N–H and O–H groups in total. The molecule has 1 aromatic carbocycles. The molecule has 0 atom stereocenters. The second-order valence-corrected chi connectivity index (χ2v) is 4.06. The van der Waals surface area contributed by atoms with Gasteiger partial charge in [0.05, 0.1) is 7.11 Å². The largest absolute Gasteiger partial charge is 0.479 e. The van der Waals surface area contributed by atoms with Crippen molar-refractivity contribution in [1.29, 1.82) is 0 Å². The maximum atomic E-state index is 12.4. The summed E-state index contributed by atoms with van der Waals surface area (Å²) in [5, 5.41) is 0. The van der Waals surface area contributed by atoms with Crippen LogP contribution < -0.4 is 4.74 Å². The van der Waals surface area contributed by atoms with Gasteiger partial charge in [-0.2, -0.15) is 0 Å². The van der Waals surface area contributed by atoms with Gasteiger partial charge in [0.2, 0.25) is 11.7 Å². The Kier molecular flexibility index (Phi) is 3.37. The van der Waals surface area contributed by atoms with Crippen molar-refractivity contribution in [1.82, 2.24) is 9.97 Å². The van der Waals surface area contributed by atoms with Crippen LogP contribution >= 0.6 is 0 Å². The van der Waals surface area contributed by atoms with Gasteiger partial charge in [0.25, 0.3) is 0 Å². The molecule has 0 saturated carbocycles. The van der Waals surface area contributed by atoms with E-state index in [1.54, 1.807) is 0 Å². The van der Waals surface area contributed by atoms with Crippen molar-refractivity contribution in [3.8, 4) is 5.88 Å². The van der Waals surface area contributed by atoms with Gasteiger partial charge in [-0.05, 0) is 25.5 Å². The van der Waals surface area contributed by atoms with Crippen molar-refractivity contribution in [2.45, 2.75) is 13.8 Å². The molecule has 2 aromatic rings. The van der Waals surface area contributed by atoms with Crippen molar-refractivity contribution in [2.75, 3.05) is 7.11 Å². The van der Waals surface area contributed by atoms with Gasteiger partial charge in [0, 0.05) is 18.0 Å². The smallest absolute Gasteiger partial charge is 0.243 e. The lowest BCUT2D eigenvalue weighted by Crippen LogP contribution is -2.09. The third-order valence-corrected chi connectivity index (χ3v) is 2.71. The summed E-state index contributed by atoms with van der Waals surface area (Å²) in [7, 11) is 1.48. The average molecular weight is 242 g/mol. The third-order valence-electron chi connectivity index (χ3n) is 2.71. The zero-order valence-corrected chi connectivity index (χ0v) is 10.6. The van der Waals surface area contributed by atoms with Gasteiger partial charge in [-0.1, -0.05) is 17.7 Å². The van der Waals surface area contributed by atoms with E-state index in [9.17, 15) is 4.79 Å². The summed E-state index contributed by atoms with van der Waals surface area (Å²) < 4.78 is 5.06. The number of hydrogen-bond donors (Lipinski definition) is 0. The zero-order chi connectivity index (χ0) is 13.1. The van der Waals surface area contributed by atoms with Crippen LogP contribution in [0.4, 0.5) is 0 Å². The molecular formula is C14H14N2O2. The second kappa shape index (κ2) is 4.96. The molecule has 0 aliphatic heterocycles. The fourth-order valence-corrected chi connectivity index (χ4v) is 1.74. The van der Waals surface area contributed by atoms with E-state index in [-0.39, 0.29) is 17.4 Å². The van der Waals surface area contributed by atoms with Gasteiger partial charge in [-0.3, -0.25) is 4.79 Å². The molecule has 0 unspecified atom stereocenters. The summed E-state index contributed by atoms with van der Waals surface area (Å²) in [6.07, 6.45) is 2.99. The van der Waals surface area contributed by atoms with Crippen molar-refractivity contribution in [3.63, 3.8) is 0 Å². The van der Waals surface area contributed by atoms with Crippen molar-refractivity contribution in [3.05, 3.63) is 53.0 Å². The lowest BCUT2D eigenvalue weighted by molar-refractivity contribution is 0.102. The fourth-order valence-electron chi connectivity index (χ4n) is 1.74. The van der Waals surface area contributed by atoms with E-state index in [0.717, 1.165) is 11.1 Å². The molecular weight excluding hydrogens is 228 g/mol. The summed E-state index contributed by atoms with van der Waals surface area (Å²) >= 11 is 0. The number of nitrogens with zero attached hydrogens (tertiary/aromatic N) is 2. The minimum atomic E-state index is -0.166. The van der Waals surface area contributed by atoms with E-state index in [4.69, 9.17) is 4.74 Å². The van der Waals surface area contributed by atoms with E-state index in [0.29, 0.717) is 5.56 Å². The number of methoxy groups -OCH3 is 1. The van der Waals surface area contributed by atoms with Gasteiger partial charge in [0.1, 0.15) is 0 Å². The van der Waals surface area contributed by atoms with Gasteiger partial charge < -0.3 is 4.74 Å². The number of ether oxygens (including phenoxy) is 1. The van der Waals surface area contributed by atoms with Crippen LogP contribution in [0.2, 0.25) is 0 Å². The summed E-state index contributed by atoms with van der Waals surface area (Å²) in [6.45, 7) is 3.85. The number of aryl methyl sites for hydroxylation is 2. The standard InChI is InChI=1S/C14H14N2O2/c1-9-4-5-10(2)11(8-9)13(17)12-14(18-3)16-7-6-15-12/h4-8H,1-3H3. The average Bonchev–Trinajstić information content (AvgIpc) is 2.40. The maximum absolute atomic E-state index is 12.4. The molecule has 0 radical (unpaired) electrons. The third kappa shape index (κ3) is 2.22. The summed E-state index contributed by atoms with van der Waals surface area (Å²) in [5.41, 5.74) is 2.83. The number of aromatic nitrogens is 2. The molecule has 0 spiro atoms. The van der Waals surface area contributed by atoms with Gasteiger partial charge in [-0.15, -0.1) is 0 Å². The molecule has 0 saturated heterocycles. The number of rotatable bonds is 3. The van der Waals surface area contributed by atoms with E-state index < -0.39 is 0 Å². The Hall–Kier alpha value is -2.23. The minimum Gasteiger partial charge on any atom is -0.479 e. The van der Waals surface area contributed by atoms with E-state index >= 15 is 0 Å². The van der Waals surface area contributed by atoms with Gasteiger partial charge in [-0.25, -0.2) is 9.97 Å². The van der Waals surface area contributed by atoms with E-state index in [2.05, 4.69) is 9.97 Å². The quantitative estimate of drug-likeness (QED) is 0.775. The lowest BCUT2D eigenvalue weighted by atomic mass is 10.0. The van der Waals surface area contributed by atoms with Crippen LogP contribution in [0.5, 0.6) is 5.88 Å². The topological polar surface area (TPSA) is 52.1 Å². The predicted octanol–water partition coefficient (Wildman–Crippen LogP) is 2.33. The lowest BCUT2D eigenvalue weighted by Gasteiger charge is -2.08. The Labute approximate surface area is 106 Å². The highest BCUT2D eigenvalue weighted by Crippen LogP contribution is 2.19. The molecule has 4 nitrogen and oxygen atoms in total. The minimum absolute atomic E-state index is 0.166. The Balaban J connectivity index is 2.51. The van der Waals surface area contributed by atoms with Crippen LogP contribution in [0.25, 0.3) is 0 Å². The van der Waals surface area contributed by atoms with Crippen LogP contribution in [0.3, 0.4) is 0 Å². The number of ketones is 1.